The molecule has 0 aliphatic heterocycles. The van der Waals surface area contributed by atoms with E-state index in [1.54, 1.807) is 13.8 Å². The maximum Gasteiger partial charge on any atom is 0.313 e. The molecule has 0 aliphatic carbocycles. The Labute approximate surface area is 131 Å². The molecule has 4 heteroatoms. The van der Waals surface area contributed by atoms with E-state index in [1.807, 2.05) is 43.3 Å². The highest BCUT2D eigenvalue weighted by Gasteiger charge is 2.38. The molecule has 1 atom stereocenters. The van der Waals surface area contributed by atoms with Crippen LogP contribution in [0.5, 0.6) is 5.75 Å². The minimum absolute atomic E-state index is 0.338. The van der Waals surface area contributed by atoms with Crippen LogP contribution in [0.3, 0.4) is 0 Å². The first-order valence-electron chi connectivity index (χ1n) is 7.42. The number of ether oxygens (including phenoxy) is 2. The van der Waals surface area contributed by atoms with Gasteiger partial charge < -0.3 is 15.2 Å². The molecule has 2 aromatic rings. The molecule has 0 amide bonds. The molecule has 118 valence electrons. The SMILES string of the molecule is CCOc1ccc2ccccc2c1[C@@H](N)C(C)(C)C(=O)OC. The maximum atomic E-state index is 12.1. The average Bonchev–Trinajstić information content (AvgIpc) is 2.53. The predicted octanol–water partition coefficient (Wildman–Crippen LogP) is 3.44. The van der Waals surface area contributed by atoms with Crippen molar-refractivity contribution >= 4 is 16.7 Å². The van der Waals surface area contributed by atoms with Crippen LogP contribution >= 0.6 is 0 Å². The van der Waals surface area contributed by atoms with Crippen molar-refractivity contribution in [3.63, 3.8) is 0 Å². The second-order valence-electron chi connectivity index (χ2n) is 5.82. The second kappa shape index (κ2) is 6.36. The molecule has 0 unspecified atom stereocenters. The molecule has 0 bridgehead atoms. The first-order valence-corrected chi connectivity index (χ1v) is 7.42. The van der Waals surface area contributed by atoms with Crippen LogP contribution in [0.25, 0.3) is 10.8 Å². The third-order valence-corrected chi connectivity index (χ3v) is 4.03. The van der Waals surface area contributed by atoms with Crippen LogP contribution in [0.2, 0.25) is 0 Å². The van der Waals surface area contributed by atoms with E-state index in [-0.39, 0.29) is 5.97 Å². The van der Waals surface area contributed by atoms with Gasteiger partial charge in [0, 0.05) is 11.6 Å². The summed E-state index contributed by atoms with van der Waals surface area (Å²) in [5.41, 5.74) is 6.45. The molecule has 0 saturated carbocycles. The zero-order valence-electron chi connectivity index (χ0n) is 13.6. The van der Waals surface area contributed by atoms with Crippen molar-refractivity contribution in [2.24, 2.45) is 11.1 Å². The molecular weight excluding hydrogens is 278 g/mol. The van der Waals surface area contributed by atoms with Crippen molar-refractivity contribution in [1.82, 2.24) is 0 Å². The van der Waals surface area contributed by atoms with Gasteiger partial charge in [0.15, 0.2) is 0 Å². The van der Waals surface area contributed by atoms with E-state index in [1.165, 1.54) is 7.11 Å². The summed E-state index contributed by atoms with van der Waals surface area (Å²) in [4.78, 5) is 12.1. The van der Waals surface area contributed by atoms with Crippen molar-refractivity contribution in [3.8, 4) is 5.75 Å². The van der Waals surface area contributed by atoms with Crippen molar-refractivity contribution in [1.29, 1.82) is 0 Å². The fourth-order valence-corrected chi connectivity index (χ4v) is 2.63. The molecule has 22 heavy (non-hydrogen) atoms. The highest BCUT2D eigenvalue weighted by Crippen LogP contribution is 2.41. The number of fused-ring (bicyclic) bond motifs is 1. The van der Waals surface area contributed by atoms with Gasteiger partial charge in [0.2, 0.25) is 0 Å². The predicted molar refractivity (Wildman–Crippen MR) is 87.8 cm³/mol. The Balaban J connectivity index is 2.65. The van der Waals surface area contributed by atoms with E-state index in [4.69, 9.17) is 15.2 Å². The number of nitrogens with two attached hydrogens (primary N) is 1. The Hall–Kier alpha value is -2.07. The fourth-order valence-electron chi connectivity index (χ4n) is 2.63. The minimum atomic E-state index is -0.856. The van der Waals surface area contributed by atoms with E-state index in [9.17, 15) is 4.79 Å². The van der Waals surface area contributed by atoms with Crippen molar-refractivity contribution in [2.75, 3.05) is 13.7 Å². The van der Waals surface area contributed by atoms with Crippen LogP contribution in [-0.2, 0) is 9.53 Å². The molecule has 0 aromatic heterocycles. The number of hydrogen-bond acceptors (Lipinski definition) is 4. The number of carbonyl (C=O) groups is 1. The lowest BCUT2D eigenvalue weighted by atomic mass is 9.79. The van der Waals surface area contributed by atoms with Crippen molar-refractivity contribution in [2.45, 2.75) is 26.8 Å². The lowest BCUT2D eigenvalue weighted by Gasteiger charge is -2.31. The highest BCUT2D eigenvalue weighted by molar-refractivity contribution is 5.89. The lowest BCUT2D eigenvalue weighted by Crippen LogP contribution is -2.37. The summed E-state index contributed by atoms with van der Waals surface area (Å²) < 4.78 is 10.7. The standard InChI is InChI=1S/C18H23NO3/c1-5-22-14-11-10-12-8-6-7-9-13(12)15(14)16(19)18(2,3)17(20)21-4/h6-11,16H,5,19H2,1-4H3/t16-/m1/s1. The monoisotopic (exact) mass is 301 g/mol. The third-order valence-electron chi connectivity index (χ3n) is 4.03. The summed E-state index contributed by atoms with van der Waals surface area (Å²) in [5, 5.41) is 2.06. The zero-order valence-corrected chi connectivity index (χ0v) is 13.6. The van der Waals surface area contributed by atoms with Gasteiger partial charge in [0.25, 0.3) is 0 Å². The number of carbonyl (C=O) groups excluding carboxylic acids is 1. The summed E-state index contributed by atoms with van der Waals surface area (Å²) in [6.07, 6.45) is 0. The smallest absolute Gasteiger partial charge is 0.313 e. The quantitative estimate of drug-likeness (QED) is 0.859. The first-order chi connectivity index (χ1) is 10.4. The van der Waals surface area contributed by atoms with Gasteiger partial charge in [0.1, 0.15) is 5.75 Å². The van der Waals surface area contributed by atoms with Gasteiger partial charge in [-0.15, -0.1) is 0 Å². The third kappa shape index (κ3) is 2.79. The van der Waals surface area contributed by atoms with Gasteiger partial charge in [0.05, 0.1) is 19.1 Å². The van der Waals surface area contributed by atoms with Gasteiger partial charge in [-0.25, -0.2) is 0 Å². The van der Waals surface area contributed by atoms with Crippen LogP contribution in [-0.4, -0.2) is 19.7 Å². The average molecular weight is 301 g/mol. The molecule has 0 saturated heterocycles. The largest absolute Gasteiger partial charge is 0.494 e. The lowest BCUT2D eigenvalue weighted by molar-refractivity contribution is -0.152. The minimum Gasteiger partial charge on any atom is -0.494 e. The van der Waals surface area contributed by atoms with Crippen molar-refractivity contribution in [3.05, 3.63) is 42.0 Å². The van der Waals surface area contributed by atoms with E-state index >= 15 is 0 Å². The molecular formula is C18H23NO3. The van der Waals surface area contributed by atoms with Gasteiger partial charge in [-0.3, -0.25) is 4.79 Å². The Morgan fingerprint density at radius 2 is 1.91 bits per heavy atom. The van der Waals surface area contributed by atoms with E-state index in [2.05, 4.69) is 0 Å². The van der Waals surface area contributed by atoms with Crippen LogP contribution in [0, 0.1) is 5.41 Å². The van der Waals surface area contributed by atoms with Crippen LogP contribution in [0.1, 0.15) is 32.4 Å². The maximum absolute atomic E-state index is 12.1. The molecule has 2 aromatic carbocycles. The summed E-state index contributed by atoms with van der Waals surface area (Å²) in [6, 6.07) is 11.3. The Morgan fingerprint density at radius 3 is 2.55 bits per heavy atom. The summed E-state index contributed by atoms with van der Waals surface area (Å²) in [5.74, 6) is 0.376. The first kappa shape index (κ1) is 16.3. The Bertz CT molecular complexity index is 679. The molecule has 0 fully saturated rings. The van der Waals surface area contributed by atoms with Crippen LogP contribution in [0.15, 0.2) is 36.4 Å². The molecule has 0 aliphatic rings. The number of esters is 1. The van der Waals surface area contributed by atoms with E-state index in [0.717, 1.165) is 16.3 Å². The van der Waals surface area contributed by atoms with Gasteiger partial charge in [-0.05, 0) is 37.6 Å². The van der Waals surface area contributed by atoms with Crippen molar-refractivity contribution < 1.29 is 14.3 Å². The molecule has 2 rings (SSSR count). The molecule has 4 nitrogen and oxygen atoms in total. The van der Waals surface area contributed by atoms with Crippen LogP contribution in [0.4, 0.5) is 0 Å². The molecule has 0 heterocycles. The van der Waals surface area contributed by atoms with Gasteiger partial charge >= 0.3 is 5.97 Å². The van der Waals surface area contributed by atoms with Crippen LogP contribution < -0.4 is 10.5 Å². The number of methoxy groups -OCH3 is 1. The normalized spacial score (nSPS) is 13.0. The topological polar surface area (TPSA) is 61.5 Å². The zero-order chi connectivity index (χ0) is 16.3. The Morgan fingerprint density at radius 1 is 1.23 bits per heavy atom. The number of rotatable bonds is 5. The summed E-state index contributed by atoms with van der Waals surface area (Å²) in [6.45, 7) is 6.05. The Kier molecular flexibility index (Phi) is 4.71. The molecule has 0 spiro atoms. The summed E-state index contributed by atoms with van der Waals surface area (Å²) in [7, 11) is 1.38. The highest BCUT2D eigenvalue weighted by atomic mass is 16.5. The number of hydrogen-bond donors (Lipinski definition) is 1. The van der Waals surface area contributed by atoms with E-state index < -0.39 is 11.5 Å². The second-order valence-corrected chi connectivity index (χ2v) is 5.82. The van der Waals surface area contributed by atoms with Gasteiger partial charge in [-0.2, -0.15) is 0 Å². The molecule has 2 N–H and O–H groups in total. The summed E-state index contributed by atoms with van der Waals surface area (Å²) >= 11 is 0. The number of benzene rings is 2. The van der Waals surface area contributed by atoms with Gasteiger partial charge in [-0.1, -0.05) is 30.3 Å². The molecule has 0 radical (unpaired) electrons. The van der Waals surface area contributed by atoms with E-state index in [0.29, 0.717) is 12.4 Å². The fraction of sp³-hybridized carbons (Fsp3) is 0.389.